The van der Waals surface area contributed by atoms with E-state index in [1.54, 1.807) is 0 Å². The van der Waals surface area contributed by atoms with Crippen LogP contribution in [-0.2, 0) is 5.41 Å². The van der Waals surface area contributed by atoms with Gasteiger partial charge < -0.3 is 9.32 Å². The molecule has 1 aromatic heterocycles. The first-order valence-corrected chi connectivity index (χ1v) is 20.4. The van der Waals surface area contributed by atoms with Crippen molar-refractivity contribution in [3.63, 3.8) is 0 Å². The maximum Gasteiger partial charge on any atom is 0.136 e. The smallest absolute Gasteiger partial charge is 0.136 e. The highest BCUT2D eigenvalue weighted by molar-refractivity contribution is 6.12. The van der Waals surface area contributed by atoms with E-state index in [1.165, 1.54) is 50.1 Å². The van der Waals surface area contributed by atoms with Gasteiger partial charge in [0.05, 0.1) is 5.69 Å². The Kier molecular flexibility index (Phi) is 8.20. The lowest BCUT2D eigenvalue weighted by molar-refractivity contribution is 0.660. The Morgan fingerprint density at radius 2 is 0.898 bits per heavy atom. The molecule has 0 unspecified atom stereocenters. The average molecular weight is 756 g/mol. The molecule has 1 aliphatic rings. The van der Waals surface area contributed by atoms with Gasteiger partial charge in [0.15, 0.2) is 0 Å². The third kappa shape index (κ3) is 5.79. The number of para-hydroxylation sites is 2. The number of furan rings is 1. The van der Waals surface area contributed by atoms with Crippen molar-refractivity contribution in [2.24, 2.45) is 0 Å². The SMILES string of the molecule is CC1(C)c2ccccc2-c2cc(-c3ccccc3-c3ccccc3N(c3ccc(-c4ccccc4)cc3)c3ccc(-c4cccc5oc6ccccc6c45)cc3)ccc21. The lowest BCUT2D eigenvalue weighted by atomic mass is 9.82. The van der Waals surface area contributed by atoms with Crippen LogP contribution in [0.4, 0.5) is 17.1 Å². The van der Waals surface area contributed by atoms with E-state index in [1.807, 2.05) is 12.1 Å². The first kappa shape index (κ1) is 34.8. The minimum absolute atomic E-state index is 0.0402. The summed E-state index contributed by atoms with van der Waals surface area (Å²) in [4.78, 5) is 2.40. The molecule has 280 valence electrons. The number of hydrogen-bond donors (Lipinski definition) is 0. The quantitative estimate of drug-likeness (QED) is 0.161. The minimum atomic E-state index is -0.0402. The molecule has 10 aromatic rings. The standard InChI is InChI=1S/C57H41NO/c1-57(2)51-23-11-8-19-47(51)50-37-41(31-36-52(50)57)44-17-6-7-18-46(44)48-20-9-12-24-53(48)58(42-32-27-39(28-33-42)38-15-4-3-5-16-38)43-34-29-40(30-35-43)45-22-14-26-55-56(45)49-21-10-13-25-54(49)59-55/h3-37H,1-2H3. The van der Waals surface area contributed by atoms with Crippen molar-refractivity contribution in [2.75, 3.05) is 4.90 Å². The first-order valence-electron chi connectivity index (χ1n) is 20.4. The third-order valence-corrected chi connectivity index (χ3v) is 12.3. The average Bonchev–Trinajstić information content (AvgIpc) is 3.79. The van der Waals surface area contributed by atoms with Crippen LogP contribution in [0.25, 0.3) is 77.6 Å². The summed E-state index contributed by atoms with van der Waals surface area (Å²) in [5, 5.41) is 2.27. The summed E-state index contributed by atoms with van der Waals surface area (Å²) in [5.41, 5.74) is 19.9. The summed E-state index contributed by atoms with van der Waals surface area (Å²) in [6.07, 6.45) is 0. The van der Waals surface area contributed by atoms with Crippen LogP contribution in [0.3, 0.4) is 0 Å². The maximum absolute atomic E-state index is 6.27. The normalized spacial score (nSPS) is 12.7. The van der Waals surface area contributed by atoms with Gasteiger partial charge in [0.25, 0.3) is 0 Å². The Bertz CT molecular complexity index is 3170. The maximum atomic E-state index is 6.27. The molecule has 0 spiro atoms. The molecular formula is C57H41NO. The molecular weight excluding hydrogens is 715 g/mol. The Morgan fingerprint density at radius 1 is 0.356 bits per heavy atom. The van der Waals surface area contributed by atoms with Crippen LogP contribution < -0.4 is 4.90 Å². The second-order valence-corrected chi connectivity index (χ2v) is 16.1. The Morgan fingerprint density at radius 3 is 1.68 bits per heavy atom. The van der Waals surface area contributed by atoms with Gasteiger partial charge in [-0.25, -0.2) is 0 Å². The lowest BCUT2D eigenvalue weighted by Gasteiger charge is -2.29. The Hall–Kier alpha value is -7.42. The van der Waals surface area contributed by atoms with Crippen molar-refractivity contribution in [3.8, 4) is 55.6 Å². The number of hydrogen-bond acceptors (Lipinski definition) is 2. The largest absolute Gasteiger partial charge is 0.456 e. The van der Waals surface area contributed by atoms with Gasteiger partial charge in [-0.2, -0.15) is 0 Å². The second-order valence-electron chi connectivity index (χ2n) is 16.1. The van der Waals surface area contributed by atoms with Gasteiger partial charge in [0, 0.05) is 33.1 Å². The first-order chi connectivity index (χ1) is 29.0. The van der Waals surface area contributed by atoms with Crippen molar-refractivity contribution >= 4 is 39.0 Å². The van der Waals surface area contributed by atoms with Gasteiger partial charge in [-0.3, -0.25) is 0 Å². The molecule has 0 saturated heterocycles. The molecule has 2 heteroatoms. The molecule has 0 radical (unpaired) electrons. The van der Waals surface area contributed by atoms with E-state index in [-0.39, 0.29) is 5.41 Å². The number of anilines is 3. The molecule has 0 aliphatic heterocycles. The summed E-state index contributed by atoms with van der Waals surface area (Å²) in [5.74, 6) is 0. The van der Waals surface area contributed by atoms with E-state index in [2.05, 4.69) is 219 Å². The summed E-state index contributed by atoms with van der Waals surface area (Å²) < 4.78 is 6.27. The van der Waals surface area contributed by atoms with E-state index < -0.39 is 0 Å². The van der Waals surface area contributed by atoms with Gasteiger partial charge in [0.1, 0.15) is 11.2 Å². The van der Waals surface area contributed by atoms with Crippen molar-refractivity contribution in [1.82, 2.24) is 0 Å². The van der Waals surface area contributed by atoms with Crippen molar-refractivity contribution < 1.29 is 4.42 Å². The third-order valence-electron chi connectivity index (χ3n) is 12.3. The molecule has 0 amide bonds. The van der Waals surface area contributed by atoms with E-state index >= 15 is 0 Å². The second kappa shape index (κ2) is 13.9. The van der Waals surface area contributed by atoms with Gasteiger partial charge in [-0.15, -0.1) is 0 Å². The van der Waals surface area contributed by atoms with E-state index in [9.17, 15) is 0 Å². The molecule has 9 aromatic carbocycles. The number of fused-ring (bicyclic) bond motifs is 6. The van der Waals surface area contributed by atoms with Crippen LogP contribution in [0.5, 0.6) is 0 Å². The van der Waals surface area contributed by atoms with Gasteiger partial charge in [0.2, 0.25) is 0 Å². The monoisotopic (exact) mass is 755 g/mol. The molecule has 0 saturated carbocycles. The zero-order valence-electron chi connectivity index (χ0n) is 33.1. The molecule has 1 heterocycles. The number of benzene rings is 9. The fourth-order valence-electron chi connectivity index (χ4n) is 9.42. The fraction of sp³-hybridized carbons (Fsp3) is 0.0526. The van der Waals surface area contributed by atoms with Crippen molar-refractivity contribution in [3.05, 3.63) is 223 Å². The molecule has 0 N–H and O–H groups in total. The Labute approximate surface area is 345 Å². The van der Waals surface area contributed by atoms with Crippen molar-refractivity contribution in [1.29, 1.82) is 0 Å². The minimum Gasteiger partial charge on any atom is -0.456 e. The topological polar surface area (TPSA) is 16.4 Å². The number of nitrogens with zero attached hydrogens (tertiary/aromatic N) is 1. The molecule has 11 rings (SSSR count). The van der Waals surface area contributed by atoms with Crippen LogP contribution in [-0.4, -0.2) is 0 Å². The molecule has 0 atom stereocenters. The molecule has 2 nitrogen and oxygen atoms in total. The van der Waals surface area contributed by atoms with Crippen LogP contribution in [0.1, 0.15) is 25.0 Å². The summed E-state index contributed by atoms with van der Waals surface area (Å²) in [6.45, 7) is 4.68. The highest BCUT2D eigenvalue weighted by atomic mass is 16.3. The summed E-state index contributed by atoms with van der Waals surface area (Å²) in [6, 6.07) is 76.9. The van der Waals surface area contributed by atoms with Crippen LogP contribution in [0.2, 0.25) is 0 Å². The van der Waals surface area contributed by atoms with Crippen molar-refractivity contribution in [2.45, 2.75) is 19.3 Å². The fourth-order valence-corrected chi connectivity index (χ4v) is 9.42. The molecule has 59 heavy (non-hydrogen) atoms. The van der Waals surface area contributed by atoms with Gasteiger partial charge >= 0.3 is 0 Å². The number of rotatable bonds is 7. The van der Waals surface area contributed by atoms with E-state index in [4.69, 9.17) is 4.42 Å². The predicted molar refractivity (Wildman–Crippen MR) is 248 cm³/mol. The Balaban J connectivity index is 1.05. The molecule has 0 bridgehead atoms. The molecule has 1 aliphatic carbocycles. The lowest BCUT2D eigenvalue weighted by Crippen LogP contribution is -2.14. The predicted octanol–water partition coefficient (Wildman–Crippen LogP) is 16.0. The molecule has 0 fully saturated rings. The van der Waals surface area contributed by atoms with E-state index in [0.717, 1.165) is 55.7 Å². The zero-order chi connectivity index (χ0) is 39.5. The highest BCUT2D eigenvalue weighted by Gasteiger charge is 2.35. The van der Waals surface area contributed by atoms with Gasteiger partial charge in [-0.1, -0.05) is 178 Å². The van der Waals surface area contributed by atoms with Crippen LogP contribution in [0, 0.1) is 0 Å². The summed E-state index contributed by atoms with van der Waals surface area (Å²) >= 11 is 0. The zero-order valence-corrected chi connectivity index (χ0v) is 33.1. The van der Waals surface area contributed by atoms with Crippen LogP contribution in [0.15, 0.2) is 217 Å². The highest BCUT2D eigenvalue weighted by Crippen LogP contribution is 2.51. The van der Waals surface area contributed by atoms with E-state index in [0.29, 0.717) is 0 Å². The van der Waals surface area contributed by atoms with Gasteiger partial charge in [-0.05, 0) is 110 Å². The van der Waals surface area contributed by atoms with Crippen LogP contribution >= 0.6 is 0 Å². The summed E-state index contributed by atoms with van der Waals surface area (Å²) in [7, 11) is 0.